The van der Waals surface area contributed by atoms with Crippen LogP contribution in [0, 0.1) is 0 Å². The number of carbonyl (C=O) groups is 2. The smallest absolute Gasteiger partial charge is 0.366 e. The van der Waals surface area contributed by atoms with Crippen LogP contribution in [0.1, 0.15) is 0 Å². The van der Waals surface area contributed by atoms with E-state index in [-0.39, 0.29) is 0 Å². The van der Waals surface area contributed by atoms with Gasteiger partial charge in [0.2, 0.25) is 5.91 Å². The fraction of sp³-hybridized carbons (Fsp3) is 0. The van der Waals surface area contributed by atoms with Crippen LogP contribution in [-0.4, -0.2) is 23.9 Å². The van der Waals surface area contributed by atoms with Gasteiger partial charge >= 0.3 is 6.03 Å². The highest BCUT2D eigenvalue weighted by atomic mass is 16.2. The number of allylic oxidation sites excluding steroid dienone is 1. The first-order valence-electron chi connectivity index (χ1n) is 2.83. The molecule has 5 nitrogen and oxygen atoms in total. The minimum absolute atomic E-state index is 0.341. The number of hydrogen-bond donors (Lipinski definition) is 1. The van der Waals surface area contributed by atoms with E-state index in [0.717, 1.165) is 6.08 Å². The zero-order valence-electron chi connectivity index (χ0n) is 5.52. The van der Waals surface area contributed by atoms with Crippen LogP contribution >= 0.6 is 0 Å². The number of rotatable bonds is 2. The molecule has 0 radical (unpaired) electrons. The lowest BCUT2D eigenvalue weighted by molar-refractivity contribution is -0.113. The topological polar surface area (TPSA) is 84.9 Å². The number of carbonyl (C=O) groups excluding carboxylic acids is 2. The third kappa shape index (κ3) is 2.13. The Bertz CT molecular complexity index is 288. The Balaban J connectivity index is 2.66. The Morgan fingerprint density at radius 3 is 2.82 bits per heavy atom. The van der Waals surface area contributed by atoms with Crippen LogP contribution in [0.3, 0.4) is 0 Å². The Morgan fingerprint density at radius 2 is 2.36 bits per heavy atom. The summed E-state index contributed by atoms with van der Waals surface area (Å²) in [7, 11) is 0. The summed E-state index contributed by atoms with van der Waals surface area (Å²) in [6.45, 7) is 0. The molecule has 0 fully saturated rings. The van der Waals surface area contributed by atoms with Crippen molar-refractivity contribution in [2.24, 2.45) is 15.7 Å². The minimum Gasteiger partial charge on any atom is -0.366 e. The molecular formula is C6H5N3O2. The summed E-state index contributed by atoms with van der Waals surface area (Å²) in [5.74, 6) is -0.583. The van der Waals surface area contributed by atoms with Gasteiger partial charge in [0, 0.05) is 6.08 Å². The van der Waals surface area contributed by atoms with Crippen molar-refractivity contribution in [2.75, 3.05) is 0 Å². The number of amides is 3. The van der Waals surface area contributed by atoms with Crippen molar-refractivity contribution in [3.05, 3.63) is 12.2 Å². The molecule has 1 rings (SSSR count). The van der Waals surface area contributed by atoms with Crippen LogP contribution in [0.15, 0.2) is 22.1 Å². The van der Waals surface area contributed by atoms with Gasteiger partial charge in [-0.2, -0.15) is 9.98 Å². The molecular weight excluding hydrogens is 146 g/mol. The number of nitrogens with two attached hydrogens (primary N) is 1. The molecule has 3 amide bonds. The van der Waals surface area contributed by atoms with Crippen molar-refractivity contribution < 1.29 is 9.59 Å². The molecule has 0 saturated heterocycles. The van der Waals surface area contributed by atoms with Gasteiger partial charge in [-0.05, 0) is 6.08 Å². The Morgan fingerprint density at radius 1 is 1.64 bits per heavy atom. The van der Waals surface area contributed by atoms with Crippen LogP contribution in [-0.2, 0) is 4.79 Å². The summed E-state index contributed by atoms with van der Waals surface area (Å²) in [4.78, 5) is 27.3. The average molecular weight is 151 g/mol. The first-order chi connectivity index (χ1) is 5.18. The van der Waals surface area contributed by atoms with Crippen LogP contribution in [0.4, 0.5) is 4.79 Å². The number of primary amides is 1. The maximum Gasteiger partial charge on any atom is 0.367 e. The van der Waals surface area contributed by atoms with E-state index < -0.39 is 11.9 Å². The molecule has 0 spiro atoms. The molecule has 0 atom stereocenters. The first-order valence-corrected chi connectivity index (χ1v) is 2.83. The molecule has 0 saturated carbocycles. The summed E-state index contributed by atoms with van der Waals surface area (Å²) < 4.78 is 0. The zero-order chi connectivity index (χ0) is 8.27. The Labute approximate surface area is 62.3 Å². The molecule has 1 heterocycles. The third-order valence-corrected chi connectivity index (χ3v) is 0.950. The van der Waals surface area contributed by atoms with Gasteiger partial charge in [0.25, 0.3) is 0 Å². The SMILES string of the molecule is NC(=O)C=CC1=NC(=O)N=C1. The van der Waals surface area contributed by atoms with Crippen molar-refractivity contribution in [1.29, 1.82) is 0 Å². The van der Waals surface area contributed by atoms with Crippen LogP contribution in [0.2, 0.25) is 0 Å². The standard InChI is InChI=1S/C6H5N3O2/c7-5(10)2-1-4-3-8-6(11)9-4/h1-3H,(H2,7,10). The van der Waals surface area contributed by atoms with E-state index in [2.05, 4.69) is 9.98 Å². The summed E-state index contributed by atoms with van der Waals surface area (Å²) >= 11 is 0. The number of hydrogen-bond acceptors (Lipinski definition) is 2. The molecule has 0 bridgehead atoms. The number of nitrogens with zero attached hydrogens (tertiary/aromatic N) is 2. The van der Waals surface area contributed by atoms with Crippen molar-refractivity contribution in [2.45, 2.75) is 0 Å². The molecule has 11 heavy (non-hydrogen) atoms. The van der Waals surface area contributed by atoms with Gasteiger partial charge in [0.1, 0.15) is 0 Å². The normalized spacial score (nSPS) is 16.0. The molecule has 0 aromatic carbocycles. The number of urea groups is 1. The average Bonchev–Trinajstić information content (AvgIpc) is 2.31. The monoisotopic (exact) mass is 151 g/mol. The molecule has 0 aromatic heterocycles. The van der Waals surface area contributed by atoms with Gasteiger partial charge in [0.05, 0.1) is 11.9 Å². The van der Waals surface area contributed by atoms with Gasteiger partial charge in [-0.1, -0.05) is 0 Å². The number of aliphatic imine (C=N–C) groups is 2. The second-order valence-corrected chi connectivity index (χ2v) is 1.81. The van der Waals surface area contributed by atoms with Crippen molar-refractivity contribution in [1.82, 2.24) is 0 Å². The van der Waals surface area contributed by atoms with E-state index in [1.807, 2.05) is 0 Å². The molecule has 5 heteroatoms. The predicted octanol–water partition coefficient (Wildman–Crippen LogP) is -0.327. The Kier molecular flexibility index (Phi) is 1.91. The van der Waals surface area contributed by atoms with Crippen LogP contribution < -0.4 is 5.73 Å². The van der Waals surface area contributed by atoms with Gasteiger partial charge in [-0.15, -0.1) is 0 Å². The van der Waals surface area contributed by atoms with E-state index in [1.165, 1.54) is 12.3 Å². The summed E-state index contributed by atoms with van der Waals surface area (Å²) in [5.41, 5.74) is 5.14. The molecule has 0 aliphatic carbocycles. The molecule has 0 aromatic rings. The van der Waals surface area contributed by atoms with Crippen LogP contribution in [0.25, 0.3) is 0 Å². The predicted molar refractivity (Wildman–Crippen MR) is 39.7 cm³/mol. The van der Waals surface area contributed by atoms with Crippen LogP contribution in [0.5, 0.6) is 0 Å². The lowest BCUT2D eigenvalue weighted by Crippen LogP contribution is -2.06. The van der Waals surface area contributed by atoms with Crippen molar-refractivity contribution >= 4 is 23.9 Å². The molecule has 1 aliphatic rings. The molecule has 0 unspecified atom stereocenters. The largest absolute Gasteiger partial charge is 0.367 e. The highest BCUT2D eigenvalue weighted by Gasteiger charge is 2.03. The van der Waals surface area contributed by atoms with Crippen molar-refractivity contribution in [3.63, 3.8) is 0 Å². The zero-order valence-corrected chi connectivity index (χ0v) is 5.52. The molecule has 56 valence electrons. The lowest BCUT2D eigenvalue weighted by Gasteiger charge is -1.79. The summed E-state index contributed by atoms with van der Waals surface area (Å²) in [6, 6.07) is -0.561. The maximum atomic E-state index is 10.4. The van der Waals surface area contributed by atoms with Gasteiger partial charge < -0.3 is 5.73 Å². The van der Waals surface area contributed by atoms with Crippen molar-refractivity contribution in [3.8, 4) is 0 Å². The second kappa shape index (κ2) is 2.87. The lowest BCUT2D eigenvalue weighted by atomic mass is 10.3. The highest BCUT2D eigenvalue weighted by Crippen LogP contribution is 1.92. The van der Waals surface area contributed by atoms with Gasteiger partial charge in [0.15, 0.2) is 0 Å². The van der Waals surface area contributed by atoms with E-state index in [4.69, 9.17) is 5.73 Å². The molecule has 2 N–H and O–H groups in total. The third-order valence-electron chi connectivity index (χ3n) is 0.950. The van der Waals surface area contributed by atoms with E-state index in [1.54, 1.807) is 0 Å². The fourth-order valence-electron chi connectivity index (χ4n) is 0.537. The quantitative estimate of drug-likeness (QED) is 0.548. The van der Waals surface area contributed by atoms with Gasteiger partial charge in [-0.25, -0.2) is 4.79 Å². The van der Waals surface area contributed by atoms with E-state index in [0.29, 0.717) is 5.71 Å². The minimum atomic E-state index is -0.583. The molecule has 1 aliphatic heterocycles. The van der Waals surface area contributed by atoms with E-state index >= 15 is 0 Å². The Hall–Kier alpha value is -1.78. The fourth-order valence-corrected chi connectivity index (χ4v) is 0.537. The summed E-state index contributed by atoms with van der Waals surface area (Å²) in [6.07, 6.45) is 3.71. The maximum absolute atomic E-state index is 10.4. The van der Waals surface area contributed by atoms with Gasteiger partial charge in [-0.3, -0.25) is 4.79 Å². The second-order valence-electron chi connectivity index (χ2n) is 1.81. The van der Waals surface area contributed by atoms with E-state index in [9.17, 15) is 9.59 Å². The highest BCUT2D eigenvalue weighted by molar-refractivity contribution is 6.42. The first kappa shape index (κ1) is 7.33. The summed E-state index contributed by atoms with van der Waals surface area (Å²) in [5, 5.41) is 0.